The summed E-state index contributed by atoms with van der Waals surface area (Å²) in [5.74, 6) is -2.09. The van der Waals surface area contributed by atoms with E-state index in [-0.39, 0.29) is 17.3 Å². The largest absolute Gasteiger partial charge is 0.396 e. The number of nitrogen functional groups attached to an aromatic ring is 1. The van der Waals surface area contributed by atoms with Gasteiger partial charge in [-0.3, -0.25) is 4.79 Å². The minimum atomic E-state index is -0.854. The second-order valence-electron chi connectivity index (χ2n) is 5.05. The summed E-state index contributed by atoms with van der Waals surface area (Å²) >= 11 is 0. The molecule has 5 heteroatoms. The van der Waals surface area contributed by atoms with Crippen molar-refractivity contribution in [1.29, 1.82) is 0 Å². The number of likely N-dealkylation sites (tertiary alicyclic amines) is 1. The minimum absolute atomic E-state index is 0.0701. The molecule has 0 spiro atoms. The van der Waals surface area contributed by atoms with Crippen molar-refractivity contribution in [2.24, 2.45) is 0 Å². The zero-order chi connectivity index (χ0) is 14.0. The van der Waals surface area contributed by atoms with Crippen LogP contribution < -0.4 is 5.73 Å². The van der Waals surface area contributed by atoms with E-state index in [1.54, 1.807) is 4.90 Å². The van der Waals surface area contributed by atoms with Crippen LogP contribution in [0.25, 0.3) is 0 Å². The van der Waals surface area contributed by atoms with E-state index in [9.17, 15) is 13.6 Å². The number of anilines is 1. The molecule has 1 amide bonds. The molecule has 2 N–H and O–H groups in total. The van der Waals surface area contributed by atoms with E-state index >= 15 is 0 Å². The fourth-order valence-electron chi connectivity index (χ4n) is 2.46. The average molecular weight is 268 g/mol. The van der Waals surface area contributed by atoms with Crippen molar-refractivity contribution in [2.75, 3.05) is 12.3 Å². The van der Waals surface area contributed by atoms with Crippen LogP contribution in [0.4, 0.5) is 14.5 Å². The molecule has 1 aromatic carbocycles. The molecule has 1 aliphatic heterocycles. The van der Waals surface area contributed by atoms with Gasteiger partial charge in [-0.05, 0) is 25.8 Å². The third kappa shape index (κ3) is 2.85. The van der Waals surface area contributed by atoms with Gasteiger partial charge in [-0.25, -0.2) is 8.78 Å². The van der Waals surface area contributed by atoms with Gasteiger partial charge in [-0.2, -0.15) is 0 Å². The molecule has 1 aliphatic rings. The molecule has 1 saturated heterocycles. The molecule has 0 aliphatic carbocycles. The lowest BCUT2D eigenvalue weighted by Crippen LogP contribution is -2.38. The second-order valence-corrected chi connectivity index (χ2v) is 5.05. The molecule has 1 atom stereocenters. The van der Waals surface area contributed by atoms with Crippen LogP contribution >= 0.6 is 0 Å². The smallest absolute Gasteiger partial charge is 0.257 e. The maximum absolute atomic E-state index is 13.7. The van der Waals surface area contributed by atoms with Gasteiger partial charge in [-0.1, -0.05) is 12.8 Å². The summed E-state index contributed by atoms with van der Waals surface area (Å²) in [4.78, 5) is 14.0. The molecule has 1 heterocycles. The van der Waals surface area contributed by atoms with Gasteiger partial charge in [0.2, 0.25) is 0 Å². The molecule has 104 valence electrons. The van der Waals surface area contributed by atoms with Gasteiger partial charge < -0.3 is 10.6 Å². The number of halogens is 2. The molecule has 3 nitrogen and oxygen atoms in total. The van der Waals surface area contributed by atoms with Crippen LogP contribution in [0.1, 0.15) is 43.0 Å². The summed E-state index contributed by atoms with van der Waals surface area (Å²) in [6.07, 6.45) is 3.96. The quantitative estimate of drug-likeness (QED) is 0.796. The Morgan fingerprint density at radius 3 is 2.74 bits per heavy atom. The van der Waals surface area contributed by atoms with Gasteiger partial charge in [0.05, 0.1) is 11.3 Å². The standard InChI is InChI=1S/C14H18F2N2O/c1-9-5-3-2-4-6-18(9)14(19)10-7-13(17)12(16)8-11(10)15/h7-9H,2-6,17H2,1H3. The molecule has 2 rings (SSSR count). The van der Waals surface area contributed by atoms with Crippen molar-refractivity contribution in [1.82, 2.24) is 4.90 Å². The molecule has 1 fully saturated rings. The summed E-state index contributed by atoms with van der Waals surface area (Å²) < 4.78 is 26.8. The molecule has 0 saturated carbocycles. The van der Waals surface area contributed by atoms with Gasteiger partial charge in [0.15, 0.2) is 0 Å². The molecule has 1 aromatic rings. The first kappa shape index (κ1) is 13.8. The van der Waals surface area contributed by atoms with E-state index in [4.69, 9.17) is 5.73 Å². The highest BCUT2D eigenvalue weighted by Crippen LogP contribution is 2.22. The van der Waals surface area contributed by atoms with Crippen LogP contribution in [0.5, 0.6) is 0 Å². The Kier molecular flexibility index (Phi) is 4.02. The number of carbonyl (C=O) groups excluding carboxylic acids is 1. The van der Waals surface area contributed by atoms with Crippen molar-refractivity contribution in [3.05, 3.63) is 29.3 Å². The average Bonchev–Trinajstić information content (AvgIpc) is 2.58. The molecular weight excluding hydrogens is 250 g/mol. The van der Waals surface area contributed by atoms with Gasteiger partial charge >= 0.3 is 0 Å². The predicted octanol–water partition coefficient (Wildman–Crippen LogP) is 2.95. The maximum atomic E-state index is 13.7. The Hall–Kier alpha value is -1.65. The molecule has 0 aromatic heterocycles. The third-order valence-corrected chi connectivity index (χ3v) is 3.63. The highest BCUT2D eigenvalue weighted by Gasteiger charge is 2.25. The summed E-state index contributed by atoms with van der Waals surface area (Å²) in [5, 5.41) is 0. The SMILES string of the molecule is CC1CCCCCN1C(=O)c1cc(N)c(F)cc1F. The molecule has 1 unspecified atom stereocenters. The number of nitrogens with zero attached hydrogens (tertiary/aromatic N) is 1. The van der Waals surface area contributed by atoms with Crippen molar-refractivity contribution < 1.29 is 13.6 Å². The normalized spacial score (nSPS) is 20.2. The number of hydrogen-bond acceptors (Lipinski definition) is 2. The van der Waals surface area contributed by atoms with Crippen LogP contribution in [0.2, 0.25) is 0 Å². The monoisotopic (exact) mass is 268 g/mol. The molecule has 0 bridgehead atoms. The summed E-state index contributed by atoms with van der Waals surface area (Å²) in [6.45, 7) is 2.56. The van der Waals surface area contributed by atoms with Gasteiger partial charge in [0, 0.05) is 18.7 Å². The van der Waals surface area contributed by atoms with Gasteiger partial charge in [0.25, 0.3) is 5.91 Å². The summed E-state index contributed by atoms with van der Waals surface area (Å²) in [5.41, 5.74) is 5.06. The van der Waals surface area contributed by atoms with Crippen molar-refractivity contribution in [2.45, 2.75) is 38.6 Å². The van der Waals surface area contributed by atoms with E-state index < -0.39 is 17.5 Å². The molecule has 0 radical (unpaired) electrons. The van der Waals surface area contributed by atoms with Crippen LogP contribution in [0.15, 0.2) is 12.1 Å². The first-order valence-corrected chi connectivity index (χ1v) is 6.56. The maximum Gasteiger partial charge on any atom is 0.257 e. The zero-order valence-electron chi connectivity index (χ0n) is 11.0. The highest BCUT2D eigenvalue weighted by atomic mass is 19.1. The van der Waals surface area contributed by atoms with E-state index in [2.05, 4.69) is 0 Å². The van der Waals surface area contributed by atoms with E-state index in [0.29, 0.717) is 12.6 Å². The zero-order valence-corrected chi connectivity index (χ0v) is 11.0. The van der Waals surface area contributed by atoms with E-state index in [1.807, 2.05) is 6.92 Å². The number of rotatable bonds is 1. The van der Waals surface area contributed by atoms with Gasteiger partial charge in [-0.15, -0.1) is 0 Å². The van der Waals surface area contributed by atoms with Crippen LogP contribution in [0, 0.1) is 11.6 Å². The highest BCUT2D eigenvalue weighted by molar-refractivity contribution is 5.95. The van der Waals surface area contributed by atoms with Crippen LogP contribution in [0.3, 0.4) is 0 Å². The predicted molar refractivity (Wildman–Crippen MR) is 69.7 cm³/mol. The fourth-order valence-corrected chi connectivity index (χ4v) is 2.46. The van der Waals surface area contributed by atoms with Crippen molar-refractivity contribution in [3.63, 3.8) is 0 Å². The first-order chi connectivity index (χ1) is 9.00. The number of nitrogens with two attached hydrogens (primary N) is 1. The Balaban J connectivity index is 2.30. The molecule has 19 heavy (non-hydrogen) atoms. The molecular formula is C14H18F2N2O. The number of carbonyl (C=O) groups is 1. The minimum Gasteiger partial charge on any atom is -0.396 e. The van der Waals surface area contributed by atoms with E-state index in [0.717, 1.165) is 31.7 Å². The van der Waals surface area contributed by atoms with Crippen LogP contribution in [-0.4, -0.2) is 23.4 Å². The van der Waals surface area contributed by atoms with Crippen LogP contribution in [-0.2, 0) is 0 Å². The third-order valence-electron chi connectivity index (χ3n) is 3.63. The number of hydrogen-bond donors (Lipinski definition) is 1. The number of benzene rings is 1. The summed E-state index contributed by atoms with van der Waals surface area (Å²) in [7, 11) is 0. The fraction of sp³-hybridized carbons (Fsp3) is 0.500. The van der Waals surface area contributed by atoms with Crippen molar-refractivity contribution in [3.8, 4) is 0 Å². The van der Waals surface area contributed by atoms with E-state index in [1.165, 1.54) is 0 Å². The Labute approximate surface area is 111 Å². The Bertz CT molecular complexity index is 491. The number of amides is 1. The lowest BCUT2D eigenvalue weighted by atomic mass is 10.1. The first-order valence-electron chi connectivity index (χ1n) is 6.56. The van der Waals surface area contributed by atoms with Gasteiger partial charge in [0.1, 0.15) is 11.6 Å². The topological polar surface area (TPSA) is 46.3 Å². The lowest BCUT2D eigenvalue weighted by molar-refractivity contribution is 0.0693. The van der Waals surface area contributed by atoms with Crippen molar-refractivity contribution >= 4 is 11.6 Å². The summed E-state index contributed by atoms with van der Waals surface area (Å²) in [6, 6.07) is 1.83. The lowest BCUT2D eigenvalue weighted by Gasteiger charge is -2.27. The second kappa shape index (κ2) is 5.55. The Morgan fingerprint density at radius 2 is 2.00 bits per heavy atom. The Morgan fingerprint density at radius 1 is 1.26 bits per heavy atom.